The largest absolute Gasteiger partial charge is 0.508 e. The molecule has 0 aliphatic heterocycles. The van der Waals surface area contributed by atoms with Crippen LogP contribution >= 0.6 is 0 Å². The van der Waals surface area contributed by atoms with Gasteiger partial charge < -0.3 is 10.2 Å². The number of nitrogens with one attached hydrogen (secondary N) is 1. The van der Waals surface area contributed by atoms with E-state index in [1.807, 2.05) is 24.3 Å². The summed E-state index contributed by atoms with van der Waals surface area (Å²) in [5.74, 6) is -0.0733. The van der Waals surface area contributed by atoms with Crippen molar-refractivity contribution >= 4 is 22.9 Å². The fraction of sp³-hybridized carbons (Fsp3) is 0. The third kappa shape index (κ3) is 3.13. The predicted octanol–water partition coefficient (Wildman–Crippen LogP) is 3.01. The van der Waals surface area contributed by atoms with Crippen molar-refractivity contribution in [2.24, 2.45) is 5.10 Å². The summed E-state index contributed by atoms with van der Waals surface area (Å²) in [4.78, 5) is 11.9. The Hall–Kier alpha value is -3.34. The van der Waals surface area contributed by atoms with E-state index in [1.165, 1.54) is 30.5 Å². The zero-order chi connectivity index (χ0) is 16.2. The van der Waals surface area contributed by atoms with Gasteiger partial charge in [-0.25, -0.2) is 5.43 Å². The number of carbonyl (C=O) groups excluding carboxylic acids is 1. The number of hydrogen-bond donors (Lipinski definition) is 3. The fourth-order valence-corrected chi connectivity index (χ4v) is 2.26. The van der Waals surface area contributed by atoms with Crippen LogP contribution in [0.2, 0.25) is 0 Å². The zero-order valence-corrected chi connectivity index (χ0v) is 12.1. The van der Waals surface area contributed by atoms with Gasteiger partial charge in [0.25, 0.3) is 5.91 Å². The average molecular weight is 306 g/mol. The summed E-state index contributed by atoms with van der Waals surface area (Å²) in [6, 6.07) is 16.6. The van der Waals surface area contributed by atoms with E-state index in [0.717, 1.165) is 16.3 Å². The van der Waals surface area contributed by atoms with E-state index in [0.29, 0.717) is 5.56 Å². The van der Waals surface area contributed by atoms with Crippen molar-refractivity contribution in [3.05, 3.63) is 71.8 Å². The third-order valence-corrected chi connectivity index (χ3v) is 3.43. The summed E-state index contributed by atoms with van der Waals surface area (Å²) in [7, 11) is 0. The molecule has 0 spiro atoms. The minimum absolute atomic E-state index is 0.0978. The standard InChI is InChI=1S/C18H14N2O3/c21-14-8-5-12(6-9-14)18(23)20-19-11-13-7-10-17(22)16-4-2-1-3-15(13)16/h1-11,21-22H,(H,20,23). The van der Waals surface area contributed by atoms with E-state index >= 15 is 0 Å². The predicted molar refractivity (Wildman–Crippen MR) is 88.8 cm³/mol. The van der Waals surface area contributed by atoms with Crippen molar-refractivity contribution in [3.8, 4) is 11.5 Å². The lowest BCUT2D eigenvalue weighted by Crippen LogP contribution is -2.17. The van der Waals surface area contributed by atoms with Gasteiger partial charge in [-0.1, -0.05) is 24.3 Å². The van der Waals surface area contributed by atoms with Gasteiger partial charge in [0.1, 0.15) is 11.5 Å². The fourth-order valence-electron chi connectivity index (χ4n) is 2.26. The Morgan fingerprint density at radius 1 is 0.913 bits per heavy atom. The van der Waals surface area contributed by atoms with Gasteiger partial charge >= 0.3 is 0 Å². The normalized spacial score (nSPS) is 11.0. The van der Waals surface area contributed by atoms with Crippen molar-refractivity contribution in [2.75, 3.05) is 0 Å². The first-order valence-corrected chi connectivity index (χ1v) is 6.98. The van der Waals surface area contributed by atoms with Gasteiger partial charge in [-0.15, -0.1) is 0 Å². The quantitative estimate of drug-likeness (QED) is 0.514. The number of phenolic OH excluding ortho intramolecular Hbond substituents is 2. The van der Waals surface area contributed by atoms with E-state index in [9.17, 15) is 15.0 Å². The molecular formula is C18H14N2O3. The molecule has 0 heterocycles. The highest BCUT2D eigenvalue weighted by Gasteiger charge is 2.05. The molecule has 3 aromatic carbocycles. The van der Waals surface area contributed by atoms with Gasteiger partial charge in [0.15, 0.2) is 0 Å². The second-order valence-electron chi connectivity index (χ2n) is 4.97. The third-order valence-electron chi connectivity index (χ3n) is 3.43. The molecule has 3 N–H and O–H groups in total. The number of hydrogen-bond acceptors (Lipinski definition) is 4. The van der Waals surface area contributed by atoms with Crippen molar-refractivity contribution in [2.45, 2.75) is 0 Å². The van der Waals surface area contributed by atoms with Crippen molar-refractivity contribution in [3.63, 3.8) is 0 Å². The van der Waals surface area contributed by atoms with E-state index < -0.39 is 0 Å². The van der Waals surface area contributed by atoms with Crippen LogP contribution in [0.3, 0.4) is 0 Å². The highest BCUT2D eigenvalue weighted by molar-refractivity contribution is 6.02. The molecule has 3 aromatic rings. The van der Waals surface area contributed by atoms with Crippen LogP contribution in [-0.2, 0) is 0 Å². The van der Waals surface area contributed by atoms with Gasteiger partial charge in [-0.2, -0.15) is 5.10 Å². The lowest BCUT2D eigenvalue weighted by atomic mass is 10.0. The summed E-state index contributed by atoms with van der Waals surface area (Å²) in [6.45, 7) is 0. The van der Waals surface area contributed by atoms with Crippen LogP contribution in [0.5, 0.6) is 11.5 Å². The number of rotatable bonds is 3. The molecule has 0 aliphatic carbocycles. The molecule has 0 atom stereocenters. The summed E-state index contributed by atoms with van der Waals surface area (Å²) in [6.07, 6.45) is 1.53. The first-order valence-electron chi connectivity index (χ1n) is 6.98. The zero-order valence-electron chi connectivity index (χ0n) is 12.1. The second-order valence-corrected chi connectivity index (χ2v) is 4.97. The molecule has 0 saturated carbocycles. The van der Waals surface area contributed by atoms with E-state index in [2.05, 4.69) is 10.5 Å². The van der Waals surface area contributed by atoms with Gasteiger partial charge in [0.2, 0.25) is 0 Å². The maximum absolute atomic E-state index is 11.9. The lowest BCUT2D eigenvalue weighted by Gasteiger charge is -2.04. The van der Waals surface area contributed by atoms with Crippen LogP contribution < -0.4 is 5.43 Å². The minimum atomic E-state index is -0.371. The number of carbonyl (C=O) groups is 1. The number of benzene rings is 3. The Labute approximate surface area is 132 Å². The molecule has 0 aromatic heterocycles. The molecule has 5 nitrogen and oxygen atoms in total. The van der Waals surface area contributed by atoms with Crippen molar-refractivity contribution < 1.29 is 15.0 Å². The van der Waals surface area contributed by atoms with Gasteiger partial charge in [0, 0.05) is 16.5 Å². The smallest absolute Gasteiger partial charge is 0.271 e. The Kier molecular flexibility index (Phi) is 3.93. The Bertz CT molecular complexity index is 886. The Morgan fingerprint density at radius 3 is 2.35 bits per heavy atom. The highest BCUT2D eigenvalue weighted by Crippen LogP contribution is 2.26. The number of nitrogens with zero attached hydrogens (tertiary/aromatic N) is 1. The van der Waals surface area contributed by atoms with Gasteiger partial charge in [-0.3, -0.25) is 4.79 Å². The summed E-state index contributed by atoms with van der Waals surface area (Å²) < 4.78 is 0. The summed E-state index contributed by atoms with van der Waals surface area (Å²) >= 11 is 0. The molecular weight excluding hydrogens is 292 g/mol. The maximum atomic E-state index is 11.9. The van der Waals surface area contributed by atoms with Crippen molar-refractivity contribution in [1.82, 2.24) is 5.43 Å². The van der Waals surface area contributed by atoms with Crippen LogP contribution in [0, 0.1) is 0 Å². The van der Waals surface area contributed by atoms with Crippen LogP contribution in [0.4, 0.5) is 0 Å². The number of fused-ring (bicyclic) bond motifs is 1. The molecule has 0 aliphatic rings. The van der Waals surface area contributed by atoms with E-state index in [-0.39, 0.29) is 17.4 Å². The van der Waals surface area contributed by atoms with Crippen LogP contribution in [0.1, 0.15) is 15.9 Å². The molecule has 0 fully saturated rings. The number of phenols is 2. The molecule has 0 radical (unpaired) electrons. The Balaban J connectivity index is 1.80. The molecule has 23 heavy (non-hydrogen) atoms. The molecule has 114 valence electrons. The first-order chi connectivity index (χ1) is 11.1. The van der Waals surface area contributed by atoms with E-state index in [4.69, 9.17) is 0 Å². The molecule has 5 heteroatoms. The molecule has 0 bridgehead atoms. The number of amides is 1. The van der Waals surface area contributed by atoms with Crippen LogP contribution in [-0.4, -0.2) is 22.3 Å². The SMILES string of the molecule is O=C(NN=Cc1ccc(O)c2ccccc12)c1ccc(O)cc1. The van der Waals surface area contributed by atoms with Crippen LogP contribution in [0.15, 0.2) is 65.8 Å². The minimum Gasteiger partial charge on any atom is -0.508 e. The van der Waals surface area contributed by atoms with Gasteiger partial charge in [-0.05, 0) is 41.8 Å². The lowest BCUT2D eigenvalue weighted by molar-refractivity contribution is 0.0955. The van der Waals surface area contributed by atoms with E-state index in [1.54, 1.807) is 12.1 Å². The number of aromatic hydroxyl groups is 2. The summed E-state index contributed by atoms with van der Waals surface area (Å²) in [5.41, 5.74) is 3.61. The second kappa shape index (κ2) is 6.19. The van der Waals surface area contributed by atoms with Crippen molar-refractivity contribution in [1.29, 1.82) is 0 Å². The first kappa shape index (κ1) is 14.6. The number of hydrazone groups is 1. The monoisotopic (exact) mass is 306 g/mol. The average Bonchev–Trinajstić information content (AvgIpc) is 2.58. The summed E-state index contributed by atoms with van der Waals surface area (Å²) in [5, 5.41) is 24.6. The van der Waals surface area contributed by atoms with Gasteiger partial charge in [0.05, 0.1) is 6.21 Å². The Morgan fingerprint density at radius 2 is 1.61 bits per heavy atom. The molecule has 3 rings (SSSR count). The molecule has 1 amide bonds. The molecule has 0 saturated heterocycles. The van der Waals surface area contributed by atoms with Crippen LogP contribution in [0.25, 0.3) is 10.8 Å². The molecule has 0 unspecified atom stereocenters. The topological polar surface area (TPSA) is 81.9 Å². The highest BCUT2D eigenvalue weighted by atomic mass is 16.3. The maximum Gasteiger partial charge on any atom is 0.271 e.